The van der Waals surface area contributed by atoms with Crippen LogP contribution in [0, 0.1) is 26.0 Å². The molecule has 0 saturated carbocycles. The van der Waals surface area contributed by atoms with Crippen molar-refractivity contribution in [1.29, 1.82) is 0 Å². The van der Waals surface area contributed by atoms with Gasteiger partial charge in [0.1, 0.15) is 5.82 Å². The second-order valence-corrected chi connectivity index (χ2v) is 5.77. The Balaban J connectivity index is 1.94. The first-order valence-electron chi connectivity index (χ1n) is 8.20. The number of nitrogens with zero attached hydrogens (tertiary/aromatic N) is 3. The number of carbonyl (C=O) groups excluding carboxylic acids is 2. The van der Waals surface area contributed by atoms with E-state index in [-0.39, 0.29) is 18.4 Å². The molecule has 156 valence electrons. The maximum absolute atomic E-state index is 12.8. The lowest BCUT2D eigenvalue weighted by Gasteiger charge is -2.04. The first-order valence-corrected chi connectivity index (χ1v) is 8.20. The number of non-ortho nitro benzene ring substituents is 1. The van der Waals surface area contributed by atoms with E-state index >= 15 is 0 Å². The quantitative estimate of drug-likeness (QED) is 0.333. The van der Waals surface area contributed by atoms with E-state index in [9.17, 15) is 39.3 Å². The number of benzene rings is 2. The number of nitro benzene ring substituents is 2. The number of nitrogens with one attached hydrogen (secondary N) is 2. The summed E-state index contributed by atoms with van der Waals surface area (Å²) in [4.78, 5) is 43.3. The highest BCUT2D eigenvalue weighted by molar-refractivity contribution is 5.93. The van der Waals surface area contributed by atoms with Crippen LogP contribution in [0.4, 0.5) is 21.5 Å². The molecule has 2 rings (SSSR count). The van der Waals surface area contributed by atoms with E-state index in [0.717, 1.165) is 24.4 Å². The van der Waals surface area contributed by atoms with Gasteiger partial charge in [0.2, 0.25) is 17.6 Å². The molecular weight excluding hydrogens is 405 g/mol. The minimum atomic E-state index is -1.00. The SMILES string of the molecule is O=C(CCC(=O)Nc1ccc(F)cc1)NN=Cc1cc([N+](=O)[O-])cc([N+](=O)[O-])c1O. The predicted octanol–water partition coefficient (Wildman–Crippen LogP) is 2.22. The van der Waals surface area contributed by atoms with Crippen LogP contribution in [0.15, 0.2) is 41.5 Å². The number of hydrazone groups is 1. The first-order chi connectivity index (χ1) is 14.2. The van der Waals surface area contributed by atoms with Crippen molar-refractivity contribution in [3.8, 4) is 5.75 Å². The third kappa shape index (κ3) is 6.05. The molecule has 0 saturated heterocycles. The molecular formula is C17H14FN5O7. The highest BCUT2D eigenvalue weighted by Gasteiger charge is 2.23. The van der Waals surface area contributed by atoms with Crippen LogP contribution in [0.1, 0.15) is 18.4 Å². The highest BCUT2D eigenvalue weighted by Crippen LogP contribution is 2.33. The van der Waals surface area contributed by atoms with Gasteiger partial charge in [-0.05, 0) is 24.3 Å². The smallest absolute Gasteiger partial charge is 0.318 e. The van der Waals surface area contributed by atoms with Crippen LogP contribution in [-0.2, 0) is 9.59 Å². The average molecular weight is 419 g/mol. The molecule has 0 aliphatic carbocycles. The molecule has 0 spiro atoms. The van der Waals surface area contributed by atoms with Gasteiger partial charge in [0.15, 0.2) is 0 Å². The number of phenols is 1. The van der Waals surface area contributed by atoms with Crippen LogP contribution in [-0.4, -0.2) is 33.0 Å². The molecule has 30 heavy (non-hydrogen) atoms. The van der Waals surface area contributed by atoms with E-state index in [1.807, 2.05) is 5.43 Å². The van der Waals surface area contributed by atoms with Crippen molar-refractivity contribution < 1.29 is 28.9 Å². The predicted molar refractivity (Wildman–Crippen MR) is 101 cm³/mol. The van der Waals surface area contributed by atoms with E-state index in [2.05, 4.69) is 10.4 Å². The molecule has 2 amide bonds. The Morgan fingerprint density at radius 3 is 2.30 bits per heavy atom. The zero-order chi connectivity index (χ0) is 22.3. The molecule has 0 radical (unpaired) electrons. The summed E-state index contributed by atoms with van der Waals surface area (Å²) in [6, 6.07) is 6.44. The molecule has 0 heterocycles. The average Bonchev–Trinajstić information content (AvgIpc) is 2.69. The summed E-state index contributed by atoms with van der Waals surface area (Å²) >= 11 is 0. The van der Waals surface area contributed by atoms with E-state index in [1.54, 1.807) is 0 Å². The minimum absolute atomic E-state index is 0.216. The normalized spacial score (nSPS) is 10.6. The third-order valence-electron chi connectivity index (χ3n) is 3.61. The Labute approximate surface area is 167 Å². The fraction of sp³-hybridized carbons (Fsp3) is 0.118. The van der Waals surface area contributed by atoms with Gasteiger partial charge in [-0.1, -0.05) is 0 Å². The first kappa shape index (κ1) is 21.9. The van der Waals surface area contributed by atoms with Gasteiger partial charge in [-0.2, -0.15) is 5.10 Å². The molecule has 0 bridgehead atoms. The Kier molecular flexibility index (Phi) is 7.06. The maximum Gasteiger partial charge on any atom is 0.318 e. The molecule has 0 aromatic heterocycles. The lowest BCUT2D eigenvalue weighted by atomic mass is 10.1. The van der Waals surface area contributed by atoms with Gasteiger partial charge in [-0.15, -0.1) is 0 Å². The molecule has 2 aromatic carbocycles. The van der Waals surface area contributed by atoms with Gasteiger partial charge in [0, 0.05) is 24.6 Å². The molecule has 0 fully saturated rings. The van der Waals surface area contributed by atoms with Crippen molar-refractivity contribution in [2.75, 3.05) is 5.32 Å². The van der Waals surface area contributed by atoms with Gasteiger partial charge in [0.25, 0.3) is 5.69 Å². The fourth-order valence-corrected chi connectivity index (χ4v) is 2.18. The second-order valence-electron chi connectivity index (χ2n) is 5.77. The number of anilines is 1. The van der Waals surface area contributed by atoms with Crippen molar-refractivity contribution in [2.24, 2.45) is 5.10 Å². The number of rotatable bonds is 8. The van der Waals surface area contributed by atoms with Crippen LogP contribution >= 0.6 is 0 Å². The number of carbonyl (C=O) groups is 2. The van der Waals surface area contributed by atoms with Crippen molar-refractivity contribution in [3.05, 3.63) is 68.0 Å². The molecule has 13 heteroatoms. The van der Waals surface area contributed by atoms with Gasteiger partial charge >= 0.3 is 5.69 Å². The van der Waals surface area contributed by atoms with Crippen molar-refractivity contribution >= 4 is 35.1 Å². The van der Waals surface area contributed by atoms with Crippen LogP contribution in [0.5, 0.6) is 5.75 Å². The third-order valence-corrected chi connectivity index (χ3v) is 3.61. The maximum atomic E-state index is 12.8. The summed E-state index contributed by atoms with van der Waals surface area (Å²) in [5.74, 6) is -2.53. The van der Waals surface area contributed by atoms with E-state index in [4.69, 9.17) is 0 Å². The summed E-state index contributed by atoms with van der Waals surface area (Å²) in [5.41, 5.74) is 0.483. The molecule has 0 unspecified atom stereocenters. The number of nitro groups is 2. The fourth-order valence-electron chi connectivity index (χ4n) is 2.18. The van der Waals surface area contributed by atoms with Crippen molar-refractivity contribution in [1.82, 2.24) is 5.43 Å². The lowest BCUT2D eigenvalue weighted by Crippen LogP contribution is -2.20. The zero-order valence-corrected chi connectivity index (χ0v) is 15.1. The van der Waals surface area contributed by atoms with Crippen molar-refractivity contribution in [3.63, 3.8) is 0 Å². The van der Waals surface area contributed by atoms with Crippen LogP contribution in [0.2, 0.25) is 0 Å². The zero-order valence-electron chi connectivity index (χ0n) is 15.1. The standard InChI is InChI=1S/C17H14FN5O7/c18-11-1-3-12(4-2-11)20-15(24)5-6-16(25)21-19-9-10-7-13(22(27)28)8-14(17(10)26)23(29)30/h1-4,7-9,26H,5-6H2,(H,20,24)(H,21,25). The summed E-state index contributed by atoms with van der Waals surface area (Å²) in [6.45, 7) is 0. The Bertz CT molecular complexity index is 1020. The number of aromatic hydroxyl groups is 1. The van der Waals surface area contributed by atoms with E-state index in [1.165, 1.54) is 12.1 Å². The number of hydrogen-bond donors (Lipinski definition) is 3. The number of phenolic OH excluding ortho intramolecular Hbond substituents is 1. The van der Waals surface area contributed by atoms with Crippen LogP contribution < -0.4 is 10.7 Å². The Morgan fingerprint density at radius 1 is 1.07 bits per heavy atom. The Hall–Kier alpha value is -4.42. The summed E-state index contributed by atoms with van der Waals surface area (Å²) < 4.78 is 12.8. The monoisotopic (exact) mass is 419 g/mol. The second kappa shape index (κ2) is 9.68. The van der Waals surface area contributed by atoms with Gasteiger partial charge in [-0.3, -0.25) is 29.8 Å². The molecule has 0 aliphatic heterocycles. The van der Waals surface area contributed by atoms with Gasteiger partial charge in [0.05, 0.1) is 27.7 Å². The molecule has 0 atom stereocenters. The van der Waals surface area contributed by atoms with Gasteiger partial charge in [-0.25, -0.2) is 9.82 Å². The van der Waals surface area contributed by atoms with E-state index in [0.29, 0.717) is 11.8 Å². The summed E-state index contributed by atoms with van der Waals surface area (Å²) in [6.07, 6.45) is 0.309. The number of halogens is 1. The number of amides is 2. The molecule has 0 aliphatic rings. The highest BCUT2D eigenvalue weighted by atomic mass is 19.1. The molecule has 12 nitrogen and oxygen atoms in total. The lowest BCUT2D eigenvalue weighted by molar-refractivity contribution is -0.394. The Morgan fingerprint density at radius 2 is 1.70 bits per heavy atom. The molecule has 2 aromatic rings. The van der Waals surface area contributed by atoms with Crippen LogP contribution in [0.3, 0.4) is 0 Å². The van der Waals surface area contributed by atoms with Crippen molar-refractivity contribution in [2.45, 2.75) is 12.8 Å². The largest absolute Gasteiger partial charge is 0.502 e. The van der Waals surface area contributed by atoms with E-state index < -0.39 is 44.6 Å². The number of hydrogen-bond acceptors (Lipinski definition) is 8. The van der Waals surface area contributed by atoms with Gasteiger partial charge < -0.3 is 10.4 Å². The molecule has 3 N–H and O–H groups in total. The van der Waals surface area contributed by atoms with Crippen LogP contribution in [0.25, 0.3) is 0 Å². The minimum Gasteiger partial charge on any atom is -0.502 e. The summed E-state index contributed by atoms with van der Waals surface area (Å²) in [5, 5.41) is 37.5. The topological polar surface area (TPSA) is 177 Å². The summed E-state index contributed by atoms with van der Waals surface area (Å²) in [7, 11) is 0.